The fourth-order valence-corrected chi connectivity index (χ4v) is 4.23. The van der Waals surface area contributed by atoms with E-state index in [0.29, 0.717) is 24.1 Å². The van der Waals surface area contributed by atoms with Gasteiger partial charge >= 0.3 is 5.97 Å². The number of hydrogen-bond donors (Lipinski definition) is 0. The van der Waals surface area contributed by atoms with Gasteiger partial charge in [0.05, 0.1) is 23.2 Å². The van der Waals surface area contributed by atoms with Crippen molar-refractivity contribution >= 4 is 23.6 Å². The van der Waals surface area contributed by atoms with E-state index >= 15 is 0 Å². The molecule has 0 aliphatic carbocycles. The first-order chi connectivity index (χ1) is 15.8. The van der Waals surface area contributed by atoms with Crippen LogP contribution in [0.15, 0.2) is 42.5 Å². The number of hydrogen-bond acceptors (Lipinski definition) is 5. The molecule has 2 aromatic rings. The maximum Gasteiger partial charge on any atom is 0.328 e. The highest BCUT2D eigenvalue weighted by atomic mass is 16.6. The highest BCUT2D eigenvalue weighted by Gasteiger charge is 2.32. The van der Waals surface area contributed by atoms with Crippen LogP contribution in [0.5, 0.6) is 0 Å². The Morgan fingerprint density at radius 2 is 2.03 bits per heavy atom. The van der Waals surface area contributed by atoms with Gasteiger partial charge in [0.15, 0.2) is 0 Å². The Kier molecular flexibility index (Phi) is 7.98. The van der Waals surface area contributed by atoms with E-state index in [-0.39, 0.29) is 24.1 Å². The second-order valence-corrected chi connectivity index (χ2v) is 8.28. The van der Waals surface area contributed by atoms with E-state index in [4.69, 9.17) is 4.74 Å². The number of rotatable bonds is 7. The van der Waals surface area contributed by atoms with E-state index in [1.807, 2.05) is 38.1 Å². The SMILES string of the molecule is CCOC(=O)C1CCCCN1C(=O)/C=C/c1cc[c]c([N+](=O)[O-])c1-c1ccccc1C(C)C. The van der Waals surface area contributed by atoms with Gasteiger partial charge in [-0.2, -0.15) is 0 Å². The minimum Gasteiger partial charge on any atom is -0.464 e. The van der Waals surface area contributed by atoms with Crippen molar-refractivity contribution in [1.82, 2.24) is 4.90 Å². The van der Waals surface area contributed by atoms with Crippen molar-refractivity contribution in [3.8, 4) is 11.1 Å². The predicted octanol–water partition coefficient (Wildman–Crippen LogP) is 5.14. The van der Waals surface area contributed by atoms with Crippen LogP contribution in [-0.4, -0.2) is 40.9 Å². The largest absolute Gasteiger partial charge is 0.464 e. The quantitative estimate of drug-likeness (QED) is 0.253. The maximum atomic E-state index is 13.0. The molecule has 33 heavy (non-hydrogen) atoms. The molecule has 173 valence electrons. The van der Waals surface area contributed by atoms with E-state index in [2.05, 4.69) is 6.07 Å². The van der Waals surface area contributed by atoms with Crippen LogP contribution in [0.1, 0.15) is 57.1 Å². The minimum absolute atomic E-state index is 0.139. The molecule has 3 rings (SSSR count). The fraction of sp³-hybridized carbons (Fsp3) is 0.385. The van der Waals surface area contributed by atoms with Crippen molar-refractivity contribution in [2.75, 3.05) is 13.2 Å². The summed E-state index contributed by atoms with van der Waals surface area (Å²) in [6.07, 6.45) is 5.21. The van der Waals surface area contributed by atoms with Crippen molar-refractivity contribution in [2.24, 2.45) is 0 Å². The monoisotopic (exact) mass is 449 g/mol. The third kappa shape index (κ3) is 5.48. The van der Waals surface area contributed by atoms with Crippen LogP contribution in [0.25, 0.3) is 17.2 Å². The molecule has 1 fully saturated rings. The number of nitro groups is 1. The molecular formula is C26H29N2O5. The van der Waals surface area contributed by atoms with Gasteiger partial charge in [-0.05, 0) is 60.9 Å². The highest BCUT2D eigenvalue weighted by molar-refractivity contribution is 5.96. The lowest BCUT2D eigenvalue weighted by Gasteiger charge is -2.33. The van der Waals surface area contributed by atoms with Crippen molar-refractivity contribution in [2.45, 2.75) is 52.0 Å². The number of amides is 1. The molecule has 0 bridgehead atoms. The topological polar surface area (TPSA) is 89.8 Å². The van der Waals surface area contributed by atoms with Gasteiger partial charge in [0.2, 0.25) is 5.91 Å². The Morgan fingerprint density at radius 3 is 2.73 bits per heavy atom. The van der Waals surface area contributed by atoms with Gasteiger partial charge < -0.3 is 9.64 Å². The molecule has 7 nitrogen and oxygen atoms in total. The van der Waals surface area contributed by atoms with E-state index in [1.165, 1.54) is 17.0 Å². The van der Waals surface area contributed by atoms with E-state index in [9.17, 15) is 19.7 Å². The van der Waals surface area contributed by atoms with Gasteiger partial charge in [0, 0.05) is 12.6 Å². The Morgan fingerprint density at radius 1 is 1.27 bits per heavy atom. The summed E-state index contributed by atoms with van der Waals surface area (Å²) in [5, 5.41) is 11.8. The molecule has 1 radical (unpaired) electrons. The molecule has 0 aromatic heterocycles. The Bertz CT molecular complexity index is 1060. The molecule has 2 aromatic carbocycles. The summed E-state index contributed by atoms with van der Waals surface area (Å²) in [4.78, 5) is 38.2. The summed E-state index contributed by atoms with van der Waals surface area (Å²) in [6, 6.07) is 12.9. The lowest BCUT2D eigenvalue weighted by atomic mass is 9.89. The number of nitrogens with zero attached hydrogens (tertiary/aromatic N) is 2. The number of carbonyl (C=O) groups is 2. The second kappa shape index (κ2) is 10.9. The van der Waals surface area contributed by atoms with Gasteiger partial charge in [-0.25, -0.2) is 4.79 Å². The number of ether oxygens (including phenoxy) is 1. The molecule has 1 unspecified atom stereocenters. The van der Waals surface area contributed by atoms with Crippen molar-refractivity contribution in [3.05, 3.63) is 69.8 Å². The smallest absolute Gasteiger partial charge is 0.328 e. The summed E-state index contributed by atoms with van der Waals surface area (Å²) in [6.45, 7) is 6.53. The van der Waals surface area contributed by atoms with Crippen LogP contribution in [0.3, 0.4) is 0 Å². The van der Waals surface area contributed by atoms with Crippen LogP contribution >= 0.6 is 0 Å². The average Bonchev–Trinajstić information content (AvgIpc) is 2.82. The van der Waals surface area contributed by atoms with Crippen molar-refractivity contribution in [1.29, 1.82) is 0 Å². The van der Waals surface area contributed by atoms with Gasteiger partial charge in [-0.15, -0.1) is 0 Å². The molecular weight excluding hydrogens is 420 g/mol. The minimum atomic E-state index is -0.601. The fourth-order valence-electron chi connectivity index (χ4n) is 4.23. The summed E-state index contributed by atoms with van der Waals surface area (Å²) in [7, 11) is 0. The molecule has 1 amide bonds. The van der Waals surface area contributed by atoms with Crippen LogP contribution in [0.4, 0.5) is 5.69 Å². The third-order valence-corrected chi connectivity index (χ3v) is 5.79. The average molecular weight is 450 g/mol. The summed E-state index contributed by atoms with van der Waals surface area (Å²) in [5.41, 5.74) is 2.55. The second-order valence-electron chi connectivity index (χ2n) is 8.28. The van der Waals surface area contributed by atoms with Crippen LogP contribution in [-0.2, 0) is 14.3 Å². The van der Waals surface area contributed by atoms with E-state index < -0.39 is 16.9 Å². The van der Waals surface area contributed by atoms with Gasteiger partial charge in [0.1, 0.15) is 6.04 Å². The Labute approximate surface area is 194 Å². The standard InChI is InChI=1S/C26H29N2O5/c1-4-33-26(30)23-13-7-8-17-27(23)24(29)16-15-19-10-9-14-22(28(31)32)25(19)21-12-6-5-11-20(21)18(2)3/h5-6,9-12,15-16,18,23H,4,7-8,13,17H2,1-3H3/b16-15+. The number of nitro benzene ring substituents is 1. The number of piperidine rings is 1. The molecule has 1 heterocycles. The lowest BCUT2D eigenvalue weighted by molar-refractivity contribution is -0.384. The number of carbonyl (C=O) groups excluding carboxylic acids is 2. The Balaban J connectivity index is 2.01. The zero-order chi connectivity index (χ0) is 24.0. The number of likely N-dealkylation sites (tertiary alicyclic amines) is 1. The van der Waals surface area contributed by atoms with Crippen LogP contribution < -0.4 is 0 Å². The lowest BCUT2D eigenvalue weighted by Crippen LogP contribution is -2.48. The highest BCUT2D eigenvalue weighted by Crippen LogP contribution is 2.38. The Hall–Kier alpha value is -3.48. The van der Waals surface area contributed by atoms with Gasteiger partial charge in [0.25, 0.3) is 5.69 Å². The zero-order valence-corrected chi connectivity index (χ0v) is 19.2. The first-order valence-electron chi connectivity index (χ1n) is 11.3. The van der Waals surface area contributed by atoms with Crippen molar-refractivity contribution in [3.63, 3.8) is 0 Å². The zero-order valence-electron chi connectivity index (χ0n) is 19.2. The summed E-state index contributed by atoms with van der Waals surface area (Å²) in [5.74, 6) is -0.556. The molecule has 1 saturated heterocycles. The number of esters is 1. The molecule has 0 spiro atoms. The van der Waals surface area contributed by atoms with Gasteiger partial charge in [-0.3, -0.25) is 14.9 Å². The third-order valence-electron chi connectivity index (χ3n) is 5.79. The van der Waals surface area contributed by atoms with Crippen molar-refractivity contribution < 1.29 is 19.2 Å². The van der Waals surface area contributed by atoms with Gasteiger partial charge in [-0.1, -0.05) is 44.2 Å². The molecule has 0 N–H and O–H groups in total. The number of benzene rings is 2. The first-order valence-corrected chi connectivity index (χ1v) is 11.3. The normalized spacial score (nSPS) is 16.2. The molecule has 0 saturated carbocycles. The summed E-state index contributed by atoms with van der Waals surface area (Å²) < 4.78 is 5.14. The molecule has 1 aliphatic rings. The molecule has 1 atom stereocenters. The van der Waals surface area contributed by atoms with Crippen LogP contribution in [0.2, 0.25) is 0 Å². The maximum absolute atomic E-state index is 13.0. The van der Waals surface area contributed by atoms with Crippen LogP contribution in [0, 0.1) is 16.2 Å². The summed E-state index contributed by atoms with van der Waals surface area (Å²) >= 11 is 0. The molecule has 7 heteroatoms. The molecule has 1 aliphatic heterocycles. The first kappa shape index (κ1) is 24.2. The van der Waals surface area contributed by atoms with E-state index in [0.717, 1.165) is 24.0 Å². The van der Waals surface area contributed by atoms with E-state index in [1.54, 1.807) is 19.1 Å². The predicted molar refractivity (Wildman–Crippen MR) is 126 cm³/mol.